The van der Waals surface area contributed by atoms with Gasteiger partial charge in [0.05, 0.1) is 52.0 Å². The topological polar surface area (TPSA) is 112 Å². The third-order valence-electron chi connectivity index (χ3n) is 9.36. The van der Waals surface area contributed by atoms with E-state index in [2.05, 4.69) is 15.4 Å². The van der Waals surface area contributed by atoms with Crippen LogP contribution in [-0.4, -0.2) is 48.4 Å². The Labute approximate surface area is 241 Å². The second-order valence-corrected chi connectivity index (χ2v) is 12.2. The van der Waals surface area contributed by atoms with Crippen LogP contribution in [0.4, 0.5) is 4.39 Å². The summed E-state index contributed by atoms with van der Waals surface area (Å²) in [4.78, 5) is 35.1. The summed E-state index contributed by atoms with van der Waals surface area (Å²) in [5, 5.41) is 7.55. The van der Waals surface area contributed by atoms with Crippen molar-refractivity contribution in [1.29, 1.82) is 0 Å². The van der Waals surface area contributed by atoms with Crippen LogP contribution in [-0.2, 0) is 29.2 Å². The first-order valence-corrected chi connectivity index (χ1v) is 14.4. The van der Waals surface area contributed by atoms with Gasteiger partial charge in [0, 0.05) is 38.9 Å². The number of hydrogen-bond donors (Lipinski definition) is 2. The summed E-state index contributed by atoms with van der Waals surface area (Å²) in [7, 11) is 5.10. The maximum Gasteiger partial charge on any atom is 0.329 e. The number of ether oxygens (including phenoxy) is 1. The Morgan fingerprint density at radius 2 is 2.05 bits per heavy atom. The number of rotatable bonds is 2. The van der Waals surface area contributed by atoms with E-state index in [4.69, 9.17) is 9.72 Å². The van der Waals surface area contributed by atoms with E-state index in [0.29, 0.717) is 28.8 Å². The zero-order valence-electron chi connectivity index (χ0n) is 24.4. The van der Waals surface area contributed by atoms with E-state index in [1.165, 1.54) is 4.68 Å². The van der Waals surface area contributed by atoms with Crippen molar-refractivity contribution in [2.75, 3.05) is 13.7 Å². The smallest absolute Gasteiger partial charge is 0.329 e. The average molecular weight is 572 g/mol. The van der Waals surface area contributed by atoms with Crippen LogP contribution >= 0.6 is 0 Å². The lowest BCUT2D eigenvalue weighted by molar-refractivity contribution is -0.132. The highest BCUT2D eigenvalue weighted by molar-refractivity contribution is 6.14. The number of amides is 1. The van der Waals surface area contributed by atoms with E-state index in [1.807, 2.05) is 42.7 Å². The van der Waals surface area contributed by atoms with Gasteiger partial charge < -0.3 is 15.0 Å². The van der Waals surface area contributed by atoms with Crippen molar-refractivity contribution in [2.24, 2.45) is 25.9 Å². The van der Waals surface area contributed by atoms with E-state index >= 15 is 4.39 Å². The fraction of sp³-hybridized carbons (Fsp3) is 0.419. The molecule has 1 saturated carbocycles. The molecule has 4 aromatic heterocycles. The summed E-state index contributed by atoms with van der Waals surface area (Å²) < 4.78 is 26.7. The maximum absolute atomic E-state index is 15.2. The fourth-order valence-corrected chi connectivity index (χ4v) is 7.07. The molecule has 1 amide bonds. The van der Waals surface area contributed by atoms with Crippen LogP contribution in [0.3, 0.4) is 0 Å². The van der Waals surface area contributed by atoms with Gasteiger partial charge in [-0.15, -0.1) is 5.10 Å². The number of hydrogen-bond acceptors (Lipinski definition) is 5. The number of H-pyrrole nitrogens is 1. The summed E-state index contributed by atoms with van der Waals surface area (Å²) >= 11 is 0. The van der Waals surface area contributed by atoms with Gasteiger partial charge in [-0.05, 0) is 56.2 Å². The van der Waals surface area contributed by atoms with Crippen LogP contribution in [0.2, 0.25) is 0 Å². The van der Waals surface area contributed by atoms with Crippen LogP contribution in [0.5, 0.6) is 0 Å². The number of pyridine rings is 1. The number of aromatic amines is 1. The van der Waals surface area contributed by atoms with Gasteiger partial charge in [0.2, 0.25) is 11.9 Å². The SMILES string of the molecule is CNC(=O)C1COC(C)(C)c2cccc(c2)-c2c(-c3cn(C)nc3F)[nH]c3ncc4c(c23)n(c(=O)n4C)[C@@H]2CC[C@@H]1C2. The lowest BCUT2D eigenvalue weighted by Gasteiger charge is -2.31. The second-order valence-electron chi connectivity index (χ2n) is 12.2. The van der Waals surface area contributed by atoms with E-state index in [0.717, 1.165) is 40.4 Å². The van der Waals surface area contributed by atoms with Crippen LogP contribution in [0.25, 0.3) is 44.5 Å². The monoisotopic (exact) mass is 571 g/mol. The molecule has 218 valence electrons. The first-order chi connectivity index (χ1) is 20.1. The number of benzene rings is 1. The highest BCUT2D eigenvalue weighted by Crippen LogP contribution is 2.46. The minimum atomic E-state index is -0.710. The number of aromatic nitrogens is 6. The molecule has 2 N–H and O–H groups in total. The van der Waals surface area contributed by atoms with E-state index in [-0.39, 0.29) is 36.1 Å². The Balaban J connectivity index is 1.60. The van der Waals surface area contributed by atoms with Gasteiger partial charge in [-0.25, -0.2) is 9.78 Å². The summed E-state index contributed by atoms with van der Waals surface area (Å²) in [5.74, 6) is -0.948. The third-order valence-corrected chi connectivity index (χ3v) is 9.36. The molecular formula is C31H34FN7O3. The Kier molecular flexibility index (Phi) is 5.95. The number of carbonyl (C=O) groups is 1. The Hall–Kier alpha value is -4.25. The van der Waals surface area contributed by atoms with Crippen molar-refractivity contribution in [3.05, 3.63) is 58.7 Å². The molecule has 1 aromatic carbocycles. The van der Waals surface area contributed by atoms with Crippen molar-refractivity contribution in [1.82, 2.24) is 34.2 Å². The number of carbonyl (C=O) groups excluding carboxylic acids is 1. The summed E-state index contributed by atoms with van der Waals surface area (Å²) in [6, 6.07) is 7.86. The number of aryl methyl sites for hydroxylation is 2. The minimum Gasteiger partial charge on any atom is -0.370 e. The zero-order valence-corrected chi connectivity index (χ0v) is 24.4. The maximum atomic E-state index is 15.2. The molecule has 1 fully saturated rings. The number of halogens is 1. The lowest BCUT2D eigenvalue weighted by atomic mass is 9.89. The number of imidazole rings is 1. The standard InChI is InChI=1S/C31H34FN7O3/c1-31(2)18-8-6-7-17(11-18)23-24-26-22(13-34-28(24)35-25(23)20-14-37(4)36-27(20)32)38(5)30(41)39(26)19-10-9-16(12-19)21(15-42-31)29(40)33-3/h6-8,11,13-14,16,19,21H,9-10,12,15H2,1-5H3,(H,33,40)(H,34,35)/t16-,19-,21?/m1/s1. The van der Waals surface area contributed by atoms with Crippen molar-refractivity contribution in [3.8, 4) is 22.4 Å². The van der Waals surface area contributed by atoms with Gasteiger partial charge in [-0.1, -0.05) is 18.2 Å². The largest absolute Gasteiger partial charge is 0.370 e. The molecule has 7 rings (SSSR count). The summed E-state index contributed by atoms with van der Waals surface area (Å²) in [5.41, 5.74) is 4.52. The minimum absolute atomic E-state index is 0.0465. The van der Waals surface area contributed by atoms with Crippen molar-refractivity contribution < 1.29 is 13.9 Å². The van der Waals surface area contributed by atoms with E-state index < -0.39 is 11.5 Å². The normalized spacial score (nSPS) is 21.7. The molecular weight excluding hydrogens is 537 g/mol. The molecule has 0 spiro atoms. The molecule has 3 atom stereocenters. The van der Waals surface area contributed by atoms with Gasteiger partial charge in [0.15, 0.2) is 0 Å². The van der Waals surface area contributed by atoms with Crippen molar-refractivity contribution in [3.63, 3.8) is 0 Å². The number of nitrogens with one attached hydrogen (secondary N) is 2. The van der Waals surface area contributed by atoms with Crippen LogP contribution in [0.15, 0.2) is 41.5 Å². The Morgan fingerprint density at radius 1 is 1.24 bits per heavy atom. The first-order valence-electron chi connectivity index (χ1n) is 14.4. The van der Waals surface area contributed by atoms with Crippen LogP contribution in [0.1, 0.15) is 44.7 Å². The quantitative estimate of drug-likeness (QED) is 0.327. The molecule has 1 aliphatic carbocycles. The molecule has 1 aliphatic heterocycles. The second kappa shape index (κ2) is 9.38. The van der Waals surface area contributed by atoms with Crippen LogP contribution in [0, 0.1) is 17.8 Å². The third kappa shape index (κ3) is 3.86. The molecule has 4 bridgehead atoms. The average Bonchev–Trinajstić information content (AvgIpc) is 3.72. The molecule has 2 aliphatic rings. The predicted octanol–water partition coefficient (Wildman–Crippen LogP) is 4.39. The fourth-order valence-electron chi connectivity index (χ4n) is 7.07. The number of fused-ring (bicyclic) bond motifs is 6. The molecule has 1 unspecified atom stereocenters. The van der Waals surface area contributed by atoms with Crippen molar-refractivity contribution in [2.45, 2.75) is 44.8 Å². The molecule has 10 nitrogen and oxygen atoms in total. The molecule has 0 saturated heterocycles. The van der Waals surface area contributed by atoms with E-state index in [1.54, 1.807) is 38.1 Å². The van der Waals surface area contributed by atoms with Crippen molar-refractivity contribution >= 4 is 28.0 Å². The zero-order chi connectivity index (χ0) is 29.5. The Bertz CT molecular complexity index is 1950. The molecule has 11 heteroatoms. The Morgan fingerprint density at radius 3 is 2.79 bits per heavy atom. The van der Waals surface area contributed by atoms with E-state index in [9.17, 15) is 9.59 Å². The summed E-state index contributed by atoms with van der Waals surface area (Å²) in [6.45, 7) is 4.26. The number of nitrogens with zero attached hydrogens (tertiary/aromatic N) is 5. The van der Waals surface area contributed by atoms with Crippen LogP contribution < -0.4 is 11.0 Å². The summed E-state index contributed by atoms with van der Waals surface area (Å²) in [6.07, 6.45) is 5.56. The van der Waals surface area contributed by atoms with Gasteiger partial charge >= 0.3 is 5.69 Å². The molecule has 42 heavy (non-hydrogen) atoms. The first kappa shape index (κ1) is 26.6. The highest BCUT2D eigenvalue weighted by atomic mass is 19.1. The molecule has 5 heterocycles. The predicted molar refractivity (Wildman–Crippen MR) is 157 cm³/mol. The van der Waals surface area contributed by atoms with Gasteiger partial charge in [-0.2, -0.15) is 4.39 Å². The molecule has 0 radical (unpaired) electrons. The van der Waals surface area contributed by atoms with Gasteiger partial charge in [0.1, 0.15) is 5.65 Å². The lowest BCUT2D eigenvalue weighted by Crippen LogP contribution is -2.37. The van der Waals surface area contributed by atoms with Gasteiger partial charge in [-0.3, -0.25) is 18.6 Å². The highest BCUT2D eigenvalue weighted by Gasteiger charge is 2.39. The molecule has 5 aromatic rings. The van der Waals surface area contributed by atoms with Gasteiger partial charge in [0.25, 0.3) is 0 Å².